The van der Waals surface area contributed by atoms with E-state index in [1.807, 2.05) is 30.3 Å². The average molecular weight is 310 g/mol. The Morgan fingerprint density at radius 1 is 1.09 bits per heavy atom. The number of aromatic nitrogens is 2. The SMILES string of the molecule is N#CCC(Nc1cnc2cc(F)c(F)cc2n1)c1ccccc1. The topological polar surface area (TPSA) is 61.6 Å². The molecule has 1 heterocycles. The quantitative estimate of drug-likeness (QED) is 0.792. The van der Waals surface area contributed by atoms with E-state index in [9.17, 15) is 8.78 Å². The molecule has 0 spiro atoms. The van der Waals surface area contributed by atoms with Gasteiger partial charge >= 0.3 is 0 Å². The molecule has 23 heavy (non-hydrogen) atoms. The first-order valence-corrected chi connectivity index (χ1v) is 6.97. The van der Waals surface area contributed by atoms with Crippen molar-refractivity contribution in [2.75, 3.05) is 5.32 Å². The monoisotopic (exact) mass is 310 g/mol. The van der Waals surface area contributed by atoms with Crippen molar-refractivity contribution in [3.63, 3.8) is 0 Å². The third-order valence-corrected chi connectivity index (χ3v) is 3.40. The Balaban J connectivity index is 1.93. The minimum atomic E-state index is -0.972. The van der Waals surface area contributed by atoms with Crippen molar-refractivity contribution in [3.8, 4) is 6.07 Å². The number of hydrogen-bond acceptors (Lipinski definition) is 4. The van der Waals surface area contributed by atoms with E-state index in [4.69, 9.17) is 5.26 Å². The summed E-state index contributed by atoms with van der Waals surface area (Å²) in [5, 5.41) is 12.1. The second-order valence-electron chi connectivity index (χ2n) is 4.98. The maximum absolute atomic E-state index is 13.3. The van der Waals surface area contributed by atoms with E-state index in [-0.39, 0.29) is 23.5 Å². The fourth-order valence-electron chi connectivity index (χ4n) is 2.29. The highest BCUT2D eigenvalue weighted by molar-refractivity contribution is 5.75. The first kappa shape index (κ1) is 14.9. The van der Waals surface area contributed by atoms with Gasteiger partial charge in [0.05, 0.1) is 35.8 Å². The molecule has 1 aromatic heterocycles. The van der Waals surface area contributed by atoms with Gasteiger partial charge in [-0.25, -0.2) is 13.8 Å². The molecular weight excluding hydrogens is 298 g/mol. The molecule has 0 radical (unpaired) electrons. The lowest BCUT2D eigenvalue weighted by molar-refractivity contribution is 0.510. The van der Waals surface area contributed by atoms with Gasteiger partial charge in [-0.15, -0.1) is 0 Å². The molecule has 0 aliphatic heterocycles. The van der Waals surface area contributed by atoms with Gasteiger partial charge in [-0.3, -0.25) is 4.98 Å². The summed E-state index contributed by atoms with van der Waals surface area (Å²) in [6.45, 7) is 0. The molecule has 3 rings (SSSR count). The number of halogens is 2. The Bertz CT molecular complexity index is 875. The van der Waals surface area contributed by atoms with Gasteiger partial charge in [0.25, 0.3) is 0 Å². The number of nitriles is 1. The zero-order chi connectivity index (χ0) is 16.2. The van der Waals surface area contributed by atoms with Crippen LogP contribution in [-0.4, -0.2) is 9.97 Å². The van der Waals surface area contributed by atoms with E-state index in [0.717, 1.165) is 17.7 Å². The highest BCUT2D eigenvalue weighted by Gasteiger charge is 2.13. The predicted octanol–water partition coefficient (Wildman–Crippen LogP) is 3.97. The maximum Gasteiger partial charge on any atom is 0.161 e. The summed E-state index contributed by atoms with van der Waals surface area (Å²) >= 11 is 0. The Morgan fingerprint density at radius 3 is 2.48 bits per heavy atom. The van der Waals surface area contributed by atoms with Gasteiger partial charge in [0, 0.05) is 12.1 Å². The molecule has 1 unspecified atom stereocenters. The van der Waals surface area contributed by atoms with Crippen molar-refractivity contribution in [2.24, 2.45) is 0 Å². The number of benzene rings is 2. The smallest absolute Gasteiger partial charge is 0.161 e. The highest BCUT2D eigenvalue weighted by atomic mass is 19.2. The molecule has 0 fully saturated rings. The van der Waals surface area contributed by atoms with Gasteiger partial charge in [-0.05, 0) is 5.56 Å². The molecule has 2 aromatic carbocycles. The number of nitrogens with zero attached hydrogens (tertiary/aromatic N) is 3. The molecule has 0 aliphatic rings. The average Bonchev–Trinajstić information content (AvgIpc) is 2.56. The maximum atomic E-state index is 13.3. The first-order chi connectivity index (χ1) is 11.2. The molecule has 0 aliphatic carbocycles. The molecular formula is C17H12F2N4. The standard InChI is InChI=1S/C17H12F2N4/c18-12-8-15-16(9-13(12)19)23-17(10-21-15)22-14(6-7-20)11-4-2-1-3-5-11/h1-5,8-10,14H,6H2,(H,22,23). The lowest BCUT2D eigenvalue weighted by Gasteiger charge is -2.17. The van der Waals surface area contributed by atoms with E-state index in [1.54, 1.807) is 0 Å². The van der Waals surface area contributed by atoms with E-state index < -0.39 is 11.6 Å². The van der Waals surface area contributed by atoms with E-state index in [0.29, 0.717) is 5.82 Å². The summed E-state index contributed by atoms with van der Waals surface area (Å²) in [5.74, 6) is -1.53. The van der Waals surface area contributed by atoms with Crippen LogP contribution < -0.4 is 5.32 Å². The van der Waals surface area contributed by atoms with Crippen LogP contribution in [0, 0.1) is 23.0 Å². The normalized spacial score (nSPS) is 11.9. The molecule has 0 saturated carbocycles. The Labute approximate surface area is 131 Å². The van der Waals surface area contributed by atoms with Gasteiger partial charge in [0.15, 0.2) is 11.6 Å². The van der Waals surface area contributed by atoms with E-state index >= 15 is 0 Å². The van der Waals surface area contributed by atoms with Gasteiger partial charge in [0.2, 0.25) is 0 Å². The van der Waals surface area contributed by atoms with Crippen molar-refractivity contribution in [2.45, 2.75) is 12.5 Å². The van der Waals surface area contributed by atoms with Crippen molar-refractivity contribution in [3.05, 3.63) is 65.9 Å². The minimum absolute atomic E-state index is 0.238. The van der Waals surface area contributed by atoms with Crippen LogP contribution in [0.15, 0.2) is 48.7 Å². The van der Waals surface area contributed by atoms with Crippen LogP contribution in [0.25, 0.3) is 11.0 Å². The van der Waals surface area contributed by atoms with Gasteiger partial charge in [-0.2, -0.15) is 5.26 Å². The molecule has 1 atom stereocenters. The summed E-state index contributed by atoms with van der Waals surface area (Å²) < 4.78 is 26.5. The lowest BCUT2D eigenvalue weighted by atomic mass is 10.0. The fraction of sp³-hybridized carbons (Fsp3) is 0.118. The Kier molecular flexibility index (Phi) is 4.11. The summed E-state index contributed by atoms with van der Waals surface area (Å²) in [5.41, 5.74) is 1.45. The van der Waals surface area contributed by atoms with Gasteiger partial charge in [0.1, 0.15) is 5.82 Å². The molecule has 6 heteroatoms. The zero-order valence-corrected chi connectivity index (χ0v) is 12.0. The van der Waals surface area contributed by atoms with Crippen molar-refractivity contribution in [1.82, 2.24) is 9.97 Å². The zero-order valence-electron chi connectivity index (χ0n) is 12.0. The van der Waals surface area contributed by atoms with Crippen molar-refractivity contribution >= 4 is 16.9 Å². The third-order valence-electron chi connectivity index (χ3n) is 3.40. The summed E-state index contributed by atoms with van der Waals surface area (Å²) in [7, 11) is 0. The number of nitrogens with one attached hydrogen (secondary N) is 1. The highest BCUT2D eigenvalue weighted by Crippen LogP contribution is 2.22. The fourth-order valence-corrected chi connectivity index (χ4v) is 2.29. The van der Waals surface area contributed by atoms with E-state index in [1.165, 1.54) is 6.20 Å². The number of anilines is 1. The molecule has 114 valence electrons. The molecule has 0 saturated heterocycles. The minimum Gasteiger partial charge on any atom is -0.361 e. The number of fused-ring (bicyclic) bond motifs is 1. The summed E-state index contributed by atoms with van der Waals surface area (Å²) in [6, 6.07) is 13.3. The third kappa shape index (κ3) is 3.24. The number of rotatable bonds is 4. The number of hydrogen-bond donors (Lipinski definition) is 1. The van der Waals surface area contributed by atoms with E-state index in [2.05, 4.69) is 21.4 Å². The second kappa shape index (κ2) is 6.36. The van der Waals surface area contributed by atoms with Crippen LogP contribution in [0.2, 0.25) is 0 Å². The summed E-state index contributed by atoms with van der Waals surface area (Å²) in [6.07, 6.45) is 1.68. The summed E-state index contributed by atoms with van der Waals surface area (Å²) in [4.78, 5) is 8.31. The largest absolute Gasteiger partial charge is 0.361 e. The van der Waals surface area contributed by atoms with Crippen LogP contribution >= 0.6 is 0 Å². The lowest BCUT2D eigenvalue weighted by Crippen LogP contribution is -2.11. The van der Waals surface area contributed by atoms with Crippen molar-refractivity contribution in [1.29, 1.82) is 5.26 Å². The Morgan fingerprint density at radius 2 is 1.78 bits per heavy atom. The van der Waals surface area contributed by atoms with Crippen LogP contribution in [0.5, 0.6) is 0 Å². The molecule has 3 aromatic rings. The predicted molar refractivity (Wildman–Crippen MR) is 82.5 cm³/mol. The molecule has 0 amide bonds. The van der Waals surface area contributed by atoms with Crippen LogP contribution in [0.3, 0.4) is 0 Å². The Hall–Kier alpha value is -3.07. The van der Waals surface area contributed by atoms with Gasteiger partial charge < -0.3 is 5.32 Å². The van der Waals surface area contributed by atoms with Crippen molar-refractivity contribution < 1.29 is 8.78 Å². The second-order valence-corrected chi connectivity index (χ2v) is 4.98. The van der Waals surface area contributed by atoms with Crippen LogP contribution in [0.4, 0.5) is 14.6 Å². The molecule has 0 bridgehead atoms. The molecule has 1 N–H and O–H groups in total. The first-order valence-electron chi connectivity index (χ1n) is 6.97. The van der Waals surface area contributed by atoms with Gasteiger partial charge in [-0.1, -0.05) is 30.3 Å². The van der Waals surface area contributed by atoms with Crippen LogP contribution in [-0.2, 0) is 0 Å². The van der Waals surface area contributed by atoms with Crippen LogP contribution in [0.1, 0.15) is 18.0 Å². The molecule has 4 nitrogen and oxygen atoms in total.